The maximum atomic E-state index is 13.0. The molecular weight excluding hydrogens is 352 g/mol. The summed E-state index contributed by atoms with van der Waals surface area (Å²) in [5, 5.41) is 0. The van der Waals surface area contributed by atoms with Gasteiger partial charge in [0.2, 0.25) is 11.8 Å². The monoisotopic (exact) mass is 386 g/mol. The number of carbonyl (C=O) groups is 2. The minimum Gasteiger partial charge on any atom is -0.339 e. The highest BCUT2D eigenvalue weighted by Crippen LogP contribution is 2.26. The maximum Gasteiger partial charge on any atom is 0.241 e. The molecule has 2 unspecified atom stereocenters. The molecule has 2 amide bonds. The summed E-state index contributed by atoms with van der Waals surface area (Å²) in [6.45, 7) is 10.9. The number of benzene rings is 1. The molecule has 0 radical (unpaired) electrons. The number of carbonyl (C=O) groups excluding carboxylic acids is 2. The number of aryl methyl sites for hydroxylation is 2. The number of piperazine rings is 1. The van der Waals surface area contributed by atoms with Crippen LogP contribution in [-0.4, -0.2) is 53.8 Å². The molecule has 2 N–H and O–H groups in total. The molecule has 1 aromatic rings. The summed E-state index contributed by atoms with van der Waals surface area (Å²) in [7, 11) is 0. The molecule has 2 atom stereocenters. The molecular formula is C22H34N4O2. The van der Waals surface area contributed by atoms with Crippen LogP contribution in [0.2, 0.25) is 0 Å². The number of hydrogen-bond donors (Lipinski definition) is 2. The first-order valence-corrected chi connectivity index (χ1v) is 10.6. The highest BCUT2D eigenvalue weighted by Gasteiger charge is 2.35. The Morgan fingerprint density at radius 2 is 1.68 bits per heavy atom. The van der Waals surface area contributed by atoms with Crippen molar-refractivity contribution in [1.82, 2.24) is 20.7 Å². The minimum absolute atomic E-state index is 0.112. The van der Waals surface area contributed by atoms with Gasteiger partial charge in [0.25, 0.3) is 0 Å². The Kier molecular flexibility index (Phi) is 6.73. The van der Waals surface area contributed by atoms with Gasteiger partial charge in [-0.15, -0.1) is 0 Å². The molecule has 2 aliphatic rings. The molecule has 6 heteroatoms. The Morgan fingerprint density at radius 1 is 1.04 bits per heavy atom. The van der Waals surface area contributed by atoms with E-state index in [9.17, 15) is 9.59 Å². The summed E-state index contributed by atoms with van der Waals surface area (Å²) in [4.78, 5) is 29.3. The largest absolute Gasteiger partial charge is 0.339 e. The highest BCUT2D eigenvalue weighted by molar-refractivity contribution is 5.83. The van der Waals surface area contributed by atoms with E-state index in [1.807, 2.05) is 9.80 Å². The third-order valence-electron chi connectivity index (χ3n) is 6.24. The van der Waals surface area contributed by atoms with Crippen LogP contribution in [0, 0.1) is 19.8 Å². The summed E-state index contributed by atoms with van der Waals surface area (Å²) in [5.74, 6) is 0.489. The van der Waals surface area contributed by atoms with E-state index in [0.29, 0.717) is 26.2 Å². The number of nitrogens with one attached hydrogen (secondary N) is 2. The number of hydrazine groups is 1. The van der Waals surface area contributed by atoms with Crippen LogP contribution in [0.15, 0.2) is 18.2 Å². The fourth-order valence-electron chi connectivity index (χ4n) is 4.40. The Bertz CT molecular complexity index is 708. The zero-order valence-electron chi connectivity index (χ0n) is 17.6. The average molecular weight is 387 g/mol. The van der Waals surface area contributed by atoms with Crippen molar-refractivity contribution in [1.29, 1.82) is 0 Å². The van der Waals surface area contributed by atoms with Crippen molar-refractivity contribution >= 4 is 11.8 Å². The first kappa shape index (κ1) is 20.8. The Hall–Kier alpha value is -1.92. The Balaban J connectivity index is 1.54. The van der Waals surface area contributed by atoms with Crippen LogP contribution in [0.4, 0.5) is 0 Å². The standard InChI is InChI=1S/C22H34N4O2/c1-5-17(6-2)21(27)25-9-11-26(12-10-25)22(28)20-14-19(23-24-20)18-8-7-15(3)13-16(18)4/h7-8,13,17,19-20,23-24H,5-6,9-12,14H2,1-4H3. The van der Waals surface area contributed by atoms with E-state index in [1.165, 1.54) is 16.7 Å². The minimum atomic E-state index is -0.216. The molecule has 0 aromatic heterocycles. The topological polar surface area (TPSA) is 64.7 Å². The third-order valence-corrected chi connectivity index (χ3v) is 6.24. The normalized spacial score (nSPS) is 22.8. The van der Waals surface area contributed by atoms with Crippen molar-refractivity contribution in [2.75, 3.05) is 26.2 Å². The van der Waals surface area contributed by atoms with Gasteiger partial charge in [-0.1, -0.05) is 37.6 Å². The van der Waals surface area contributed by atoms with Crippen molar-refractivity contribution in [3.63, 3.8) is 0 Å². The second-order valence-electron chi connectivity index (χ2n) is 8.15. The molecule has 6 nitrogen and oxygen atoms in total. The van der Waals surface area contributed by atoms with Gasteiger partial charge in [0.05, 0.1) is 0 Å². The van der Waals surface area contributed by atoms with Crippen molar-refractivity contribution < 1.29 is 9.59 Å². The first-order chi connectivity index (χ1) is 13.4. The van der Waals surface area contributed by atoms with Crippen LogP contribution >= 0.6 is 0 Å². The Morgan fingerprint density at radius 3 is 2.29 bits per heavy atom. The molecule has 2 saturated heterocycles. The number of nitrogens with zero attached hydrogens (tertiary/aromatic N) is 2. The lowest BCUT2D eigenvalue weighted by Crippen LogP contribution is -2.55. The molecule has 0 saturated carbocycles. The lowest BCUT2D eigenvalue weighted by atomic mass is 9.96. The maximum absolute atomic E-state index is 13.0. The Labute approximate surface area is 168 Å². The lowest BCUT2D eigenvalue weighted by molar-refractivity contribution is -0.143. The van der Waals surface area contributed by atoms with E-state index in [-0.39, 0.29) is 29.8 Å². The molecule has 2 aliphatic heterocycles. The molecule has 1 aromatic carbocycles. The predicted molar refractivity (Wildman–Crippen MR) is 111 cm³/mol. The molecule has 3 rings (SSSR count). The van der Waals surface area contributed by atoms with Crippen molar-refractivity contribution in [2.24, 2.45) is 5.92 Å². The molecule has 28 heavy (non-hydrogen) atoms. The third kappa shape index (κ3) is 4.39. The first-order valence-electron chi connectivity index (χ1n) is 10.6. The summed E-state index contributed by atoms with van der Waals surface area (Å²) >= 11 is 0. The summed E-state index contributed by atoms with van der Waals surface area (Å²) in [5.41, 5.74) is 10.2. The lowest BCUT2D eigenvalue weighted by Gasteiger charge is -2.37. The highest BCUT2D eigenvalue weighted by atomic mass is 16.2. The van der Waals surface area contributed by atoms with Crippen LogP contribution in [0.25, 0.3) is 0 Å². The van der Waals surface area contributed by atoms with Gasteiger partial charge in [0.15, 0.2) is 0 Å². The van der Waals surface area contributed by atoms with Crippen LogP contribution in [0.5, 0.6) is 0 Å². The predicted octanol–water partition coefficient (Wildman–Crippen LogP) is 2.32. The second-order valence-corrected chi connectivity index (χ2v) is 8.15. The van der Waals surface area contributed by atoms with Crippen molar-refractivity contribution in [2.45, 2.75) is 59.0 Å². The van der Waals surface area contributed by atoms with Gasteiger partial charge in [-0.2, -0.15) is 0 Å². The van der Waals surface area contributed by atoms with Crippen molar-refractivity contribution in [3.05, 3.63) is 34.9 Å². The van der Waals surface area contributed by atoms with Crippen LogP contribution in [-0.2, 0) is 9.59 Å². The van der Waals surface area contributed by atoms with Crippen LogP contribution in [0.1, 0.15) is 55.8 Å². The van der Waals surface area contributed by atoms with Crippen molar-refractivity contribution in [3.8, 4) is 0 Å². The van der Waals surface area contributed by atoms with E-state index < -0.39 is 0 Å². The van der Waals surface area contributed by atoms with Gasteiger partial charge in [-0.05, 0) is 44.2 Å². The zero-order chi connectivity index (χ0) is 20.3. The molecule has 2 heterocycles. The van der Waals surface area contributed by atoms with E-state index in [1.54, 1.807) is 0 Å². The molecule has 2 fully saturated rings. The number of rotatable bonds is 5. The summed E-state index contributed by atoms with van der Waals surface area (Å²) < 4.78 is 0. The van der Waals surface area contributed by atoms with Crippen LogP contribution in [0.3, 0.4) is 0 Å². The van der Waals surface area contributed by atoms with Gasteiger partial charge in [0.1, 0.15) is 6.04 Å². The molecule has 0 aliphatic carbocycles. The summed E-state index contributed by atoms with van der Waals surface area (Å²) in [6.07, 6.45) is 2.51. The zero-order valence-corrected chi connectivity index (χ0v) is 17.6. The van der Waals surface area contributed by atoms with Gasteiger partial charge < -0.3 is 9.80 Å². The van der Waals surface area contributed by atoms with Crippen LogP contribution < -0.4 is 10.9 Å². The number of amides is 2. The quantitative estimate of drug-likeness (QED) is 0.815. The van der Waals surface area contributed by atoms with E-state index >= 15 is 0 Å². The fourth-order valence-corrected chi connectivity index (χ4v) is 4.40. The second kappa shape index (κ2) is 9.05. The molecule has 0 bridgehead atoms. The van der Waals surface area contributed by atoms with Gasteiger partial charge in [0, 0.05) is 38.1 Å². The smallest absolute Gasteiger partial charge is 0.241 e. The average Bonchev–Trinajstić information content (AvgIpc) is 3.18. The summed E-state index contributed by atoms with van der Waals surface area (Å²) in [6, 6.07) is 6.38. The van der Waals surface area contributed by atoms with E-state index in [2.05, 4.69) is 56.7 Å². The van der Waals surface area contributed by atoms with E-state index in [4.69, 9.17) is 0 Å². The van der Waals surface area contributed by atoms with Gasteiger partial charge in [-0.3, -0.25) is 9.59 Å². The number of hydrogen-bond acceptors (Lipinski definition) is 4. The van der Waals surface area contributed by atoms with Gasteiger partial charge >= 0.3 is 0 Å². The van der Waals surface area contributed by atoms with Gasteiger partial charge in [-0.25, -0.2) is 10.9 Å². The molecule has 154 valence electrons. The molecule has 0 spiro atoms. The van der Waals surface area contributed by atoms with E-state index in [0.717, 1.165) is 19.3 Å². The fraction of sp³-hybridized carbons (Fsp3) is 0.636. The SMILES string of the molecule is CCC(CC)C(=O)N1CCN(C(=O)C2CC(c3ccc(C)cc3C)NN2)CC1.